The van der Waals surface area contributed by atoms with Crippen LogP contribution in [0.3, 0.4) is 0 Å². The van der Waals surface area contributed by atoms with E-state index >= 15 is 0 Å². The van der Waals surface area contributed by atoms with E-state index in [2.05, 4.69) is 33.9 Å². The molecule has 0 radical (unpaired) electrons. The van der Waals surface area contributed by atoms with E-state index in [9.17, 15) is 9.59 Å². The van der Waals surface area contributed by atoms with Crippen LogP contribution in [0.15, 0.2) is 30.3 Å². The number of esters is 1. The van der Waals surface area contributed by atoms with Gasteiger partial charge in [0, 0.05) is 0 Å². The van der Waals surface area contributed by atoms with Gasteiger partial charge in [0.2, 0.25) is 0 Å². The zero-order chi connectivity index (χ0) is 22.3. The van der Waals surface area contributed by atoms with E-state index in [0.717, 1.165) is 5.56 Å². The van der Waals surface area contributed by atoms with Crippen LogP contribution in [-0.2, 0) is 30.0 Å². The molecule has 0 N–H and O–H groups in total. The van der Waals surface area contributed by atoms with Crippen molar-refractivity contribution in [3.05, 3.63) is 35.9 Å². The number of carbonyl (C=O) groups excluding carboxylic acids is 2. The predicted molar refractivity (Wildman–Crippen MR) is 114 cm³/mol. The lowest BCUT2D eigenvalue weighted by Gasteiger charge is -2.42. The largest absolute Gasteiger partial charge is 0.418 e. The summed E-state index contributed by atoms with van der Waals surface area (Å²) in [5.41, 5.74) is 0.907. The summed E-state index contributed by atoms with van der Waals surface area (Å²) in [4.78, 5) is 26.9. The first kappa shape index (κ1) is 22.9. The number of nitrogens with zero attached hydrogens (tertiary/aromatic N) is 1. The average molecular weight is 436 g/mol. The summed E-state index contributed by atoms with van der Waals surface area (Å²) in [6.45, 7) is 14.8. The van der Waals surface area contributed by atoms with Crippen LogP contribution in [-0.4, -0.2) is 55.9 Å². The molecule has 3 rings (SSSR count). The van der Waals surface area contributed by atoms with Crippen molar-refractivity contribution >= 4 is 20.4 Å². The number of cyclic esters (lactones) is 2. The van der Waals surface area contributed by atoms with Crippen LogP contribution in [0.2, 0.25) is 18.1 Å². The second kappa shape index (κ2) is 8.07. The topological polar surface area (TPSA) is 74.3 Å². The van der Waals surface area contributed by atoms with Gasteiger partial charge in [0.25, 0.3) is 0 Å². The zero-order valence-corrected chi connectivity index (χ0v) is 19.9. The molecule has 7 nitrogen and oxygen atoms in total. The molecule has 0 saturated carbocycles. The Labute approximate surface area is 179 Å². The van der Waals surface area contributed by atoms with E-state index in [1.807, 2.05) is 44.2 Å². The van der Waals surface area contributed by atoms with E-state index in [-0.39, 0.29) is 18.2 Å². The fraction of sp³-hybridized carbons (Fsp3) is 0.636. The normalized spacial score (nSPS) is 25.5. The lowest BCUT2D eigenvalue weighted by molar-refractivity contribution is -0.159. The molecule has 166 valence electrons. The number of hydrogen-bond donors (Lipinski definition) is 0. The van der Waals surface area contributed by atoms with Gasteiger partial charge in [-0.2, -0.15) is 0 Å². The SMILES string of the molecule is CC1(C)OC[C@@H]([C@@H](O[Si](C)(C)C(C)(C)C)[C@H]2C(=O)OC(=O)N2Cc2ccccc2)O1. The molecule has 2 heterocycles. The summed E-state index contributed by atoms with van der Waals surface area (Å²) >= 11 is 0. The second-order valence-corrected chi connectivity index (χ2v) is 14.7. The van der Waals surface area contributed by atoms with Crippen molar-refractivity contribution in [1.82, 2.24) is 4.90 Å². The summed E-state index contributed by atoms with van der Waals surface area (Å²) in [5.74, 6) is -1.39. The van der Waals surface area contributed by atoms with Crippen molar-refractivity contribution < 1.29 is 28.2 Å². The van der Waals surface area contributed by atoms with Crippen LogP contribution >= 0.6 is 0 Å². The molecular weight excluding hydrogens is 402 g/mol. The Kier molecular flexibility index (Phi) is 6.17. The maximum absolute atomic E-state index is 12.8. The molecule has 0 spiro atoms. The Morgan fingerprint density at radius 3 is 2.37 bits per heavy atom. The average Bonchev–Trinajstić information content (AvgIpc) is 3.12. The Morgan fingerprint density at radius 2 is 1.83 bits per heavy atom. The standard InChI is InChI=1S/C22H33NO6Si/c1-21(2,3)30(6,7)29-18(16-14-26-22(4,5)28-16)17-19(24)27-20(25)23(17)13-15-11-9-8-10-12-15/h8-12,16-18H,13-14H2,1-7H3/t16-,17-,18+/m0/s1. The van der Waals surface area contributed by atoms with Gasteiger partial charge in [-0.15, -0.1) is 0 Å². The van der Waals surface area contributed by atoms with E-state index in [1.165, 1.54) is 4.90 Å². The zero-order valence-electron chi connectivity index (χ0n) is 18.9. The molecule has 0 unspecified atom stereocenters. The van der Waals surface area contributed by atoms with Crippen molar-refractivity contribution in [3.63, 3.8) is 0 Å². The molecule has 2 fully saturated rings. The molecule has 2 saturated heterocycles. The van der Waals surface area contributed by atoms with E-state index < -0.39 is 44.4 Å². The van der Waals surface area contributed by atoms with E-state index in [1.54, 1.807) is 0 Å². The number of hydrogen-bond acceptors (Lipinski definition) is 6. The van der Waals surface area contributed by atoms with Gasteiger partial charge in [-0.25, -0.2) is 9.59 Å². The van der Waals surface area contributed by atoms with Gasteiger partial charge in [-0.1, -0.05) is 51.1 Å². The van der Waals surface area contributed by atoms with Gasteiger partial charge >= 0.3 is 12.1 Å². The number of ether oxygens (including phenoxy) is 3. The monoisotopic (exact) mass is 435 g/mol. The van der Waals surface area contributed by atoms with E-state index in [0.29, 0.717) is 0 Å². The second-order valence-electron chi connectivity index (χ2n) is 9.96. The smallest absolute Gasteiger partial charge is 0.408 e. The van der Waals surface area contributed by atoms with Crippen molar-refractivity contribution in [1.29, 1.82) is 0 Å². The molecular formula is C22H33NO6Si. The molecule has 3 atom stereocenters. The summed E-state index contributed by atoms with van der Waals surface area (Å²) in [5, 5.41) is -0.0863. The van der Waals surface area contributed by atoms with Crippen LogP contribution in [0.1, 0.15) is 40.2 Å². The summed E-state index contributed by atoms with van der Waals surface area (Å²) in [6, 6.07) is 8.63. The lowest BCUT2D eigenvalue weighted by Crippen LogP contribution is -2.57. The fourth-order valence-corrected chi connectivity index (χ4v) is 4.75. The summed E-state index contributed by atoms with van der Waals surface area (Å²) in [7, 11) is -2.30. The Hall–Kier alpha value is -1.74. The molecule has 1 aromatic carbocycles. The minimum absolute atomic E-state index is 0.0863. The lowest BCUT2D eigenvalue weighted by atomic mass is 10.0. The molecule has 2 aliphatic rings. The molecule has 0 aliphatic carbocycles. The van der Waals surface area contributed by atoms with Crippen molar-refractivity contribution in [3.8, 4) is 0 Å². The Balaban J connectivity index is 1.95. The Morgan fingerprint density at radius 1 is 1.20 bits per heavy atom. The minimum atomic E-state index is -2.30. The molecule has 2 aliphatic heterocycles. The first-order valence-corrected chi connectivity index (χ1v) is 13.3. The molecule has 1 aromatic rings. The minimum Gasteiger partial charge on any atom is -0.408 e. The number of amides is 1. The van der Waals surface area contributed by atoms with E-state index in [4.69, 9.17) is 18.6 Å². The van der Waals surface area contributed by atoms with Gasteiger partial charge in [0.05, 0.1) is 13.2 Å². The van der Waals surface area contributed by atoms with Crippen LogP contribution in [0.5, 0.6) is 0 Å². The van der Waals surface area contributed by atoms with Gasteiger partial charge in [0.1, 0.15) is 12.2 Å². The highest BCUT2D eigenvalue weighted by molar-refractivity contribution is 6.74. The highest BCUT2D eigenvalue weighted by Crippen LogP contribution is 2.40. The third-order valence-electron chi connectivity index (χ3n) is 6.14. The maximum atomic E-state index is 12.8. The summed E-state index contributed by atoms with van der Waals surface area (Å²) in [6.07, 6.45) is -1.83. The molecule has 8 heteroatoms. The van der Waals surface area contributed by atoms with Crippen LogP contribution in [0.25, 0.3) is 0 Å². The number of rotatable bonds is 6. The third kappa shape index (κ3) is 4.77. The van der Waals surface area contributed by atoms with Crippen LogP contribution in [0, 0.1) is 0 Å². The summed E-state index contributed by atoms with van der Waals surface area (Å²) < 4.78 is 23.6. The number of benzene rings is 1. The van der Waals surface area contributed by atoms with Gasteiger partial charge < -0.3 is 18.6 Å². The maximum Gasteiger partial charge on any atom is 0.418 e. The van der Waals surface area contributed by atoms with Gasteiger partial charge in [0.15, 0.2) is 20.1 Å². The van der Waals surface area contributed by atoms with Crippen LogP contribution in [0.4, 0.5) is 4.79 Å². The quantitative estimate of drug-likeness (QED) is 0.381. The molecule has 0 bridgehead atoms. The molecule has 1 amide bonds. The van der Waals surface area contributed by atoms with Gasteiger partial charge in [-0.3, -0.25) is 4.90 Å². The fourth-order valence-electron chi connectivity index (χ4n) is 3.44. The highest BCUT2D eigenvalue weighted by atomic mass is 28.4. The highest BCUT2D eigenvalue weighted by Gasteiger charge is 2.54. The first-order chi connectivity index (χ1) is 13.8. The van der Waals surface area contributed by atoms with Crippen molar-refractivity contribution in [2.24, 2.45) is 0 Å². The molecule has 30 heavy (non-hydrogen) atoms. The van der Waals surface area contributed by atoms with Gasteiger partial charge in [-0.05, 0) is 37.5 Å². The van der Waals surface area contributed by atoms with Crippen molar-refractivity contribution in [2.75, 3.05) is 6.61 Å². The molecule has 0 aromatic heterocycles. The first-order valence-electron chi connectivity index (χ1n) is 10.4. The Bertz CT molecular complexity index is 789. The van der Waals surface area contributed by atoms with Crippen LogP contribution < -0.4 is 0 Å². The predicted octanol–water partition coefficient (Wildman–Crippen LogP) is 4.08. The number of carbonyl (C=O) groups is 2. The third-order valence-corrected chi connectivity index (χ3v) is 10.6. The van der Waals surface area contributed by atoms with Crippen molar-refractivity contribution in [2.45, 2.75) is 83.3 Å².